The topological polar surface area (TPSA) is 8.17 Å². The molecule has 0 unspecified atom stereocenters. The second-order valence-corrected chi connectivity index (χ2v) is 16.4. The Morgan fingerprint density at radius 2 is 0.852 bits per heavy atom. The first-order valence-electron chi connectivity index (χ1n) is 21.2. The Labute approximate surface area is 354 Å². The van der Waals surface area contributed by atoms with Gasteiger partial charge in [-0.15, -0.1) is 0 Å². The summed E-state index contributed by atoms with van der Waals surface area (Å²) in [6.45, 7) is 0. The molecule has 0 atom stereocenters. The van der Waals surface area contributed by atoms with Crippen LogP contribution in [0.4, 0.5) is 17.1 Å². The highest BCUT2D eigenvalue weighted by Crippen LogP contribution is 2.63. The second-order valence-electron chi connectivity index (χ2n) is 16.4. The van der Waals surface area contributed by atoms with Gasteiger partial charge in [-0.05, 0) is 116 Å². The van der Waals surface area contributed by atoms with Crippen molar-refractivity contribution < 1.29 is 0 Å². The number of hydrogen-bond donors (Lipinski definition) is 0. The summed E-state index contributed by atoms with van der Waals surface area (Å²) in [5.41, 5.74) is 19.5. The molecule has 2 aliphatic rings. The van der Waals surface area contributed by atoms with E-state index in [0.717, 1.165) is 22.7 Å². The number of para-hydroxylation sites is 2. The van der Waals surface area contributed by atoms with E-state index in [2.05, 4.69) is 240 Å². The van der Waals surface area contributed by atoms with Gasteiger partial charge in [-0.25, -0.2) is 0 Å². The molecule has 2 nitrogen and oxygen atoms in total. The van der Waals surface area contributed by atoms with E-state index in [-0.39, 0.29) is 0 Å². The molecule has 0 saturated carbocycles. The molecule has 0 N–H and O–H groups in total. The van der Waals surface area contributed by atoms with E-state index in [1.165, 1.54) is 88.2 Å². The van der Waals surface area contributed by atoms with Crippen LogP contribution < -0.4 is 4.90 Å². The Morgan fingerprint density at radius 3 is 1.54 bits per heavy atom. The third kappa shape index (κ3) is 4.79. The van der Waals surface area contributed by atoms with E-state index < -0.39 is 5.41 Å². The fraction of sp³-hybridized carbons (Fsp3) is 0.0169. The Morgan fingerprint density at radius 1 is 0.328 bits per heavy atom. The molecule has 0 amide bonds. The van der Waals surface area contributed by atoms with E-state index in [1.54, 1.807) is 0 Å². The van der Waals surface area contributed by atoms with Crippen molar-refractivity contribution in [3.8, 4) is 39.1 Å². The van der Waals surface area contributed by atoms with Gasteiger partial charge in [0.15, 0.2) is 0 Å². The van der Waals surface area contributed by atoms with Gasteiger partial charge in [-0.3, -0.25) is 0 Å². The highest BCUT2D eigenvalue weighted by atomic mass is 15.1. The largest absolute Gasteiger partial charge is 0.310 e. The summed E-state index contributed by atoms with van der Waals surface area (Å²) in [5, 5.41) is 5.02. The summed E-state index contributed by atoms with van der Waals surface area (Å²) in [7, 11) is 0. The lowest BCUT2D eigenvalue weighted by Crippen LogP contribution is -2.26. The number of nitrogens with zero attached hydrogens (tertiary/aromatic N) is 2. The molecular weight excluding hydrogens is 737 g/mol. The van der Waals surface area contributed by atoms with Crippen molar-refractivity contribution in [2.45, 2.75) is 5.41 Å². The summed E-state index contributed by atoms with van der Waals surface area (Å²) in [6, 6.07) is 85.2. The summed E-state index contributed by atoms with van der Waals surface area (Å²) in [5.74, 6) is 0. The number of aromatic nitrogens is 1. The van der Waals surface area contributed by atoms with E-state index in [9.17, 15) is 0 Å². The average Bonchev–Trinajstić information content (AvgIpc) is 3.94. The third-order valence-corrected chi connectivity index (χ3v) is 13.4. The van der Waals surface area contributed by atoms with Gasteiger partial charge in [0, 0.05) is 38.9 Å². The van der Waals surface area contributed by atoms with Gasteiger partial charge in [0.1, 0.15) is 0 Å². The smallest absolute Gasteiger partial charge is 0.0726 e. The minimum Gasteiger partial charge on any atom is -0.310 e. The molecule has 1 spiro atoms. The van der Waals surface area contributed by atoms with Crippen LogP contribution >= 0.6 is 0 Å². The van der Waals surface area contributed by atoms with Crippen LogP contribution in [0.1, 0.15) is 22.3 Å². The second kappa shape index (κ2) is 13.0. The Balaban J connectivity index is 0.967. The molecule has 2 heteroatoms. The zero-order chi connectivity index (χ0) is 40.1. The molecule has 1 aromatic heterocycles. The van der Waals surface area contributed by atoms with Crippen LogP contribution in [0.15, 0.2) is 231 Å². The highest BCUT2D eigenvalue weighted by Gasteiger charge is 2.51. The van der Waals surface area contributed by atoms with Crippen LogP contribution in [0.5, 0.6) is 0 Å². The minimum absolute atomic E-state index is 0.408. The number of anilines is 3. The molecule has 10 aromatic carbocycles. The monoisotopic (exact) mass is 774 g/mol. The van der Waals surface area contributed by atoms with Crippen LogP contribution in [0, 0.1) is 0 Å². The molecule has 1 heterocycles. The van der Waals surface area contributed by atoms with Gasteiger partial charge >= 0.3 is 0 Å². The fourth-order valence-corrected chi connectivity index (χ4v) is 10.9. The molecule has 0 aliphatic heterocycles. The molecule has 61 heavy (non-hydrogen) atoms. The maximum atomic E-state index is 2.47. The van der Waals surface area contributed by atoms with Crippen molar-refractivity contribution in [1.29, 1.82) is 0 Å². The molecule has 0 saturated heterocycles. The van der Waals surface area contributed by atoms with E-state index in [4.69, 9.17) is 0 Å². The van der Waals surface area contributed by atoms with Crippen molar-refractivity contribution in [1.82, 2.24) is 4.57 Å². The van der Waals surface area contributed by atoms with Crippen molar-refractivity contribution in [2.24, 2.45) is 0 Å². The Hall–Kier alpha value is -7.94. The lowest BCUT2D eigenvalue weighted by Gasteiger charge is -2.32. The zero-order valence-electron chi connectivity index (χ0n) is 33.3. The summed E-state index contributed by atoms with van der Waals surface area (Å²) in [6.07, 6.45) is 0. The summed E-state index contributed by atoms with van der Waals surface area (Å²) < 4.78 is 2.45. The predicted molar refractivity (Wildman–Crippen MR) is 255 cm³/mol. The van der Waals surface area contributed by atoms with Crippen LogP contribution in [-0.2, 0) is 5.41 Å². The van der Waals surface area contributed by atoms with Crippen LogP contribution in [0.25, 0.3) is 71.6 Å². The SMILES string of the molecule is c1ccc(N(c2ccc(-c3ccc4c5ccc6ccccc6c5n(-c5ccccc5)c4c3)cc2)c2ccc3c(c2)C2(c4ccccc4-c4ccccc42)c2ccccc2-3)cc1. The predicted octanol–water partition coefficient (Wildman–Crippen LogP) is 15.4. The van der Waals surface area contributed by atoms with Crippen molar-refractivity contribution >= 4 is 49.6 Å². The molecule has 13 rings (SSSR count). The van der Waals surface area contributed by atoms with Crippen molar-refractivity contribution in [2.75, 3.05) is 4.90 Å². The van der Waals surface area contributed by atoms with Gasteiger partial charge in [0.2, 0.25) is 0 Å². The van der Waals surface area contributed by atoms with Gasteiger partial charge < -0.3 is 9.47 Å². The normalized spacial score (nSPS) is 13.0. The lowest BCUT2D eigenvalue weighted by molar-refractivity contribution is 0.793. The number of hydrogen-bond acceptors (Lipinski definition) is 1. The summed E-state index contributed by atoms with van der Waals surface area (Å²) in [4.78, 5) is 2.41. The number of benzene rings is 10. The molecule has 0 fully saturated rings. The lowest BCUT2D eigenvalue weighted by atomic mass is 9.70. The van der Waals surface area contributed by atoms with Gasteiger partial charge in [-0.1, -0.05) is 176 Å². The van der Waals surface area contributed by atoms with Crippen molar-refractivity contribution in [3.05, 3.63) is 253 Å². The van der Waals surface area contributed by atoms with Crippen LogP contribution in [0.2, 0.25) is 0 Å². The van der Waals surface area contributed by atoms with Gasteiger partial charge in [0.25, 0.3) is 0 Å². The van der Waals surface area contributed by atoms with Crippen molar-refractivity contribution in [3.63, 3.8) is 0 Å². The Kier molecular flexibility index (Phi) is 7.26. The van der Waals surface area contributed by atoms with E-state index in [1.807, 2.05) is 0 Å². The number of fused-ring (bicyclic) bond motifs is 15. The fourth-order valence-electron chi connectivity index (χ4n) is 10.9. The van der Waals surface area contributed by atoms with Crippen LogP contribution in [0.3, 0.4) is 0 Å². The number of rotatable bonds is 5. The third-order valence-electron chi connectivity index (χ3n) is 13.4. The minimum atomic E-state index is -0.408. The first-order chi connectivity index (χ1) is 30.3. The molecule has 2 aliphatic carbocycles. The molecule has 0 bridgehead atoms. The average molecular weight is 775 g/mol. The molecule has 11 aromatic rings. The zero-order valence-corrected chi connectivity index (χ0v) is 33.3. The van der Waals surface area contributed by atoms with Gasteiger partial charge in [-0.2, -0.15) is 0 Å². The summed E-state index contributed by atoms with van der Waals surface area (Å²) >= 11 is 0. The highest BCUT2D eigenvalue weighted by molar-refractivity contribution is 6.19. The van der Waals surface area contributed by atoms with Crippen LogP contribution in [-0.4, -0.2) is 4.57 Å². The van der Waals surface area contributed by atoms with E-state index >= 15 is 0 Å². The standard InChI is InChI=1S/C59H38N2/c1-3-16-42(17-4-1)60(45-33-36-50-49-23-11-14-26-55(49)59(56(50)38-45)53-24-12-9-21-47(53)48-22-10-13-25-54(48)59)44-31-27-39(28-32-44)41-30-34-51-52-35-29-40-15-7-8-20-46(40)58(52)61(57(51)37-41)43-18-5-2-6-19-43/h1-38H. The quantitative estimate of drug-likeness (QED) is 0.169. The van der Waals surface area contributed by atoms with E-state index in [0.29, 0.717) is 0 Å². The first kappa shape index (κ1) is 34.0. The Bertz CT molecular complexity index is 3460. The molecule has 0 radical (unpaired) electrons. The maximum Gasteiger partial charge on any atom is 0.0726 e. The molecular formula is C59H38N2. The maximum absolute atomic E-state index is 2.47. The van der Waals surface area contributed by atoms with Gasteiger partial charge in [0.05, 0.1) is 16.4 Å². The first-order valence-corrected chi connectivity index (χ1v) is 21.2. The molecule has 284 valence electrons.